The average molecular weight is 343 g/mol. The summed E-state index contributed by atoms with van der Waals surface area (Å²) in [6, 6.07) is 9.63. The minimum atomic E-state index is 0.435. The molecule has 4 nitrogen and oxygen atoms in total. The van der Waals surface area contributed by atoms with Gasteiger partial charge in [-0.05, 0) is 36.6 Å². The van der Waals surface area contributed by atoms with Crippen LogP contribution in [0.15, 0.2) is 40.9 Å². The first-order valence-electron chi connectivity index (χ1n) is 8.16. The molecule has 0 fully saturated rings. The van der Waals surface area contributed by atoms with E-state index in [0.29, 0.717) is 19.1 Å². The van der Waals surface area contributed by atoms with E-state index in [1.807, 2.05) is 30.3 Å². The summed E-state index contributed by atoms with van der Waals surface area (Å²) in [4.78, 5) is 4.28. The van der Waals surface area contributed by atoms with Crippen LogP contribution in [-0.2, 0) is 24.4 Å². The first kappa shape index (κ1) is 15.5. The Bertz CT molecular complexity index is 861. The van der Waals surface area contributed by atoms with Crippen LogP contribution in [0.3, 0.4) is 0 Å². The lowest BCUT2D eigenvalue weighted by Gasteiger charge is -2.10. The van der Waals surface area contributed by atoms with Crippen molar-refractivity contribution in [3.05, 3.63) is 58.6 Å². The molecular formula is C19H19ClN2O2. The van der Waals surface area contributed by atoms with Gasteiger partial charge < -0.3 is 14.5 Å². The Labute approximate surface area is 145 Å². The van der Waals surface area contributed by atoms with Gasteiger partial charge in [0.1, 0.15) is 18.0 Å². The average Bonchev–Trinajstić information content (AvgIpc) is 2.81. The standard InChI is InChI=1S/C19H19ClN2O2/c1-12-8-14-17(11-23-10-13-4-2-3-7-21-13)24-16-6-5-15(20)19(18(14)16)22-9-12/h2-7,12,22H,8-11H2,1H3. The molecule has 124 valence electrons. The number of benzene rings is 1. The number of aromatic nitrogens is 1. The molecule has 1 unspecified atom stereocenters. The van der Waals surface area contributed by atoms with Gasteiger partial charge in [-0.25, -0.2) is 0 Å². The molecule has 0 saturated heterocycles. The van der Waals surface area contributed by atoms with E-state index in [1.54, 1.807) is 6.20 Å². The Morgan fingerprint density at radius 2 is 2.21 bits per heavy atom. The third-order valence-corrected chi connectivity index (χ3v) is 4.69. The fraction of sp³-hybridized carbons (Fsp3) is 0.316. The molecule has 1 aliphatic rings. The van der Waals surface area contributed by atoms with Crippen LogP contribution in [0.1, 0.15) is 23.9 Å². The molecule has 1 aliphatic heterocycles. The lowest BCUT2D eigenvalue weighted by Crippen LogP contribution is -2.11. The van der Waals surface area contributed by atoms with E-state index < -0.39 is 0 Å². The minimum Gasteiger partial charge on any atom is -0.458 e. The van der Waals surface area contributed by atoms with Crippen LogP contribution in [0.25, 0.3) is 11.0 Å². The van der Waals surface area contributed by atoms with Crippen molar-refractivity contribution in [1.29, 1.82) is 0 Å². The van der Waals surface area contributed by atoms with Gasteiger partial charge in [-0.2, -0.15) is 0 Å². The van der Waals surface area contributed by atoms with Gasteiger partial charge in [-0.1, -0.05) is 24.6 Å². The summed E-state index contributed by atoms with van der Waals surface area (Å²) in [6.07, 6.45) is 2.73. The number of rotatable bonds is 4. The number of nitrogens with zero attached hydrogens (tertiary/aromatic N) is 1. The molecule has 0 amide bonds. The lowest BCUT2D eigenvalue weighted by atomic mass is 10.00. The van der Waals surface area contributed by atoms with Gasteiger partial charge in [0.05, 0.1) is 23.0 Å². The molecule has 1 atom stereocenters. The molecule has 0 radical (unpaired) electrons. The molecule has 5 heteroatoms. The lowest BCUT2D eigenvalue weighted by molar-refractivity contribution is 0.0909. The number of nitrogens with one attached hydrogen (secondary N) is 1. The van der Waals surface area contributed by atoms with Gasteiger partial charge in [0.2, 0.25) is 0 Å². The highest BCUT2D eigenvalue weighted by molar-refractivity contribution is 6.35. The summed E-state index contributed by atoms with van der Waals surface area (Å²) in [6.45, 7) is 4.04. The summed E-state index contributed by atoms with van der Waals surface area (Å²) in [5.74, 6) is 1.39. The number of ether oxygens (including phenoxy) is 1. The number of pyridine rings is 1. The Morgan fingerprint density at radius 1 is 1.29 bits per heavy atom. The topological polar surface area (TPSA) is 47.3 Å². The second-order valence-electron chi connectivity index (χ2n) is 6.30. The van der Waals surface area contributed by atoms with Crippen molar-refractivity contribution < 1.29 is 9.15 Å². The van der Waals surface area contributed by atoms with Crippen molar-refractivity contribution in [1.82, 2.24) is 4.98 Å². The van der Waals surface area contributed by atoms with Crippen LogP contribution in [0.5, 0.6) is 0 Å². The van der Waals surface area contributed by atoms with Gasteiger partial charge in [0, 0.05) is 23.7 Å². The Hall–Kier alpha value is -2.04. The first-order valence-corrected chi connectivity index (χ1v) is 8.54. The molecule has 2 aromatic heterocycles. The maximum Gasteiger partial charge on any atom is 0.136 e. The van der Waals surface area contributed by atoms with Gasteiger partial charge >= 0.3 is 0 Å². The maximum atomic E-state index is 6.38. The van der Waals surface area contributed by atoms with Crippen molar-refractivity contribution in [2.75, 3.05) is 11.9 Å². The molecule has 0 saturated carbocycles. The second kappa shape index (κ2) is 6.46. The zero-order valence-electron chi connectivity index (χ0n) is 13.5. The fourth-order valence-electron chi connectivity index (χ4n) is 3.21. The first-order chi connectivity index (χ1) is 11.7. The molecule has 1 aromatic carbocycles. The van der Waals surface area contributed by atoms with Crippen molar-refractivity contribution in [2.45, 2.75) is 26.6 Å². The molecule has 24 heavy (non-hydrogen) atoms. The highest BCUT2D eigenvalue weighted by Gasteiger charge is 2.24. The van der Waals surface area contributed by atoms with Crippen molar-refractivity contribution >= 4 is 28.3 Å². The van der Waals surface area contributed by atoms with E-state index in [0.717, 1.165) is 46.1 Å². The van der Waals surface area contributed by atoms with E-state index >= 15 is 0 Å². The highest BCUT2D eigenvalue weighted by atomic mass is 35.5. The summed E-state index contributed by atoms with van der Waals surface area (Å²) in [5.41, 5.74) is 3.97. The third kappa shape index (κ3) is 2.87. The number of furan rings is 1. The van der Waals surface area contributed by atoms with Crippen LogP contribution < -0.4 is 5.32 Å². The Kier molecular flexibility index (Phi) is 4.17. The van der Waals surface area contributed by atoms with Gasteiger partial charge in [0.25, 0.3) is 0 Å². The Balaban J connectivity index is 1.63. The molecular weight excluding hydrogens is 324 g/mol. The predicted octanol–water partition coefficient (Wildman–Crippen LogP) is 4.80. The number of halogens is 1. The van der Waals surface area contributed by atoms with Crippen LogP contribution in [0.2, 0.25) is 5.02 Å². The molecule has 0 spiro atoms. The molecule has 0 aliphatic carbocycles. The van der Waals surface area contributed by atoms with Gasteiger partial charge in [-0.15, -0.1) is 0 Å². The van der Waals surface area contributed by atoms with Crippen molar-refractivity contribution in [3.63, 3.8) is 0 Å². The minimum absolute atomic E-state index is 0.435. The Morgan fingerprint density at radius 3 is 3.04 bits per heavy atom. The smallest absolute Gasteiger partial charge is 0.136 e. The van der Waals surface area contributed by atoms with E-state index in [9.17, 15) is 0 Å². The molecule has 1 N–H and O–H groups in total. The van der Waals surface area contributed by atoms with E-state index in [-0.39, 0.29) is 0 Å². The van der Waals surface area contributed by atoms with E-state index in [4.69, 9.17) is 20.8 Å². The number of hydrogen-bond acceptors (Lipinski definition) is 4. The molecule has 0 bridgehead atoms. The van der Waals surface area contributed by atoms with Crippen LogP contribution >= 0.6 is 11.6 Å². The number of hydrogen-bond donors (Lipinski definition) is 1. The second-order valence-corrected chi connectivity index (χ2v) is 6.71. The van der Waals surface area contributed by atoms with Gasteiger partial charge in [-0.3, -0.25) is 4.98 Å². The summed E-state index contributed by atoms with van der Waals surface area (Å²) in [5, 5.41) is 5.30. The van der Waals surface area contributed by atoms with Gasteiger partial charge in [0.15, 0.2) is 0 Å². The van der Waals surface area contributed by atoms with E-state index in [1.165, 1.54) is 5.56 Å². The normalized spacial score (nSPS) is 16.8. The summed E-state index contributed by atoms with van der Waals surface area (Å²) in [7, 11) is 0. The number of anilines is 1. The maximum absolute atomic E-state index is 6.38. The van der Waals surface area contributed by atoms with Crippen LogP contribution in [0, 0.1) is 5.92 Å². The summed E-state index contributed by atoms with van der Waals surface area (Å²) < 4.78 is 11.9. The largest absolute Gasteiger partial charge is 0.458 e. The molecule has 3 aromatic rings. The highest BCUT2D eigenvalue weighted by Crippen LogP contribution is 2.40. The van der Waals surface area contributed by atoms with Crippen LogP contribution in [0.4, 0.5) is 5.69 Å². The fourth-order valence-corrected chi connectivity index (χ4v) is 3.43. The zero-order chi connectivity index (χ0) is 16.5. The van der Waals surface area contributed by atoms with Crippen molar-refractivity contribution in [3.8, 4) is 0 Å². The monoisotopic (exact) mass is 342 g/mol. The van der Waals surface area contributed by atoms with Crippen molar-refractivity contribution in [2.24, 2.45) is 5.92 Å². The summed E-state index contributed by atoms with van der Waals surface area (Å²) >= 11 is 6.38. The quantitative estimate of drug-likeness (QED) is 0.739. The SMILES string of the molecule is CC1CNc2c(Cl)ccc3oc(COCc4ccccn4)c(c23)C1. The third-order valence-electron chi connectivity index (χ3n) is 4.38. The molecule has 4 rings (SSSR count). The zero-order valence-corrected chi connectivity index (χ0v) is 14.3. The predicted molar refractivity (Wildman–Crippen MR) is 95.3 cm³/mol. The molecule has 3 heterocycles. The van der Waals surface area contributed by atoms with E-state index in [2.05, 4.69) is 17.2 Å². The van der Waals surface area contributed by atoms with Crippen LogP contribution in [-0.4, -0.2) is 11.5 Å².